The first kappa shape index (κ1) is 8.34. The molecular formula is C9H14O2. The summed E-state index contributed by atoms with van der Waals surface area (Å²) in [6.07, 6.45) is 2.94. The molecule has 1 rings (SSSR count). The molecule has 1 N–H and O–H groups in total. The van der Waals surface area contributed by atoms with E-state index in [-0.39, 0.29) is 0 Å². The largest absolute Gasteiger partial charge is 0.466 e. The smallest absolute Gasteiger partial charge is 0.135 e. The number of aryl methyl sites for hydroxylation is 1. The van der Waals surface area contributed by atoms with Crippen LogP contribution in [-0.4, -0.2) is 5.11 Å². The highest BCUT2D eigenvalue weighted by atomic mass is 16.4. The second kappa shape index (κ2) is 3.58. The second-order valence-corrected chi connectivity index (χ2v) is 2.77. The average molecular weight is 154 g/mol. The van der Waals surface area contributed by atoms with Crippen LogP contribution in [0, 0.1) is 6.92 Å². The molecule has 11 heavy (non-hydrogen) atoms. The van der Waals surface area contributed by atoms with Gasteiger partial charge in [-0.25, -0.2) is 0 Å². The van der Waals surface area contributed by atoms with Gasteiger partial charge in [-0.05, 0) is 25.0 Å². The van der Waals surface area contributed by atoms with E-state index in [1.54, 1.807) is 6.26 Å². The normalized spacial score (nSPS) is 13.4. The maximum Gasteiger partial charge on any atom is 0.135 e. The van der Waals surface area contributed by atoms with Crippen molar-refractivity contribution in [3.63, 3.8) is 0 Å². The molecule has 0 saturated carbocycles. The van der Waals surface area contributed by atoms with Crippen molar-refractivity contribution >= 4 is 0 Å². The number of furan rings is 1. The summed E-state index contributed by atoms with van der Waals surface area (Å²) >= 11 is 0. The second-order valence-electron chi connectivity index (χ2n) is 2.77. The van der Waals surface area contributed by atoms with Gasteiger partial charge in [-0.15, -0.1) is 0 Å². The van der Waals surface area contributed by atoms with Crippen LogP contribution in [0.2, 0.25) is 0 Å². The first-order chi connectivity index (χ1) is 5.25. The Labute approximate surface area is 66.8 Å². The van der Waals surface area contributed by atoms with Crippen LogP contribution in [0.25, 0.3) is 0 Å². The quantitative estimate of drug-likeness (QED) is 0.725. The fourth-order valence-electron chi connectivity index (χ4n) is 1.13. The SMILES string of the molecule is CCCC(O)c1occc1C. The summed E-state index contributed by atoms with van der Waals surface area (Å²) in [5, 5.41) is 9.50. The molecular weight excluding hydrogens is 140 g/mol. The molecule has 0 radical (unpaired) electrons. The Morgan fingerprint density at radius 1 is 1.64 bits per heavy atom. The minimum atomic E-state index is -0.421. The molecule has 0 spiro atoms. The van der Waals surface area contributed by atoms with Gasteiger partial charge in [0, 0.05) is 0 Å². The summed E-state index contributed by atoms with van der Waals surface area (Å²) in [5.74, 6) is 0.715. The standard InChI is InChI=1S/C9H14O2/c1-3-4-8(10)9-7(2)5-6-11-9/h5-6,8,10H,3-4H2,1-2H3. The van der Waals surface area contributed by atoms with Crippen LogP contribution >= 0.6 is 0 Å². The molecule has 0 aliphatic carbocycles. The molecule has 0 aliphatic heterocycles. The summed E-state index contributed by atoms with van der Waals surface area (Å²) in [4.78, 5) is 0. The fourth-order valence-corrected chi connectivity index (χ4v) is 1.13. The zero-order valence-electron chi connectivity index (χ0n) is 7.00. The fraction of sp³-hybridized carbons (Fsp3) is 0.556. The first-order valence-corrected chi connectivity index (χ1v) is 3.97. The molecule has 2 nitrogen and oxygen atoms in total. The minimum Gasteiger partial charge on any atom is -0.466 e. The number of hydrogen-bond donors (Lipinski definition) is 1. The van der Waals surface area contributed by atoms with Crippen molar-refractivity contribution in [2.24, 2.45) is 0 Å². The van der Waals surface area contributed by atoms with Crippen molar-refractivity contribution in [2.75, 3.05) is 0 Å². The van der Waals surface area contributed by atoms with Crippen LogP contribution in [0.1, 0.15) is 37.2 Å². The molecule has 62 valence electrons. The van der Waals surface area contributed by atoms with E-state index in [0.717, 1.165) is 18.4 Å². The van der Waals surface area contributed by atoms with Gasteiger partial charge in [0.15, 0.2) is 0 Å². The zero-order valence-corrected chi connectivity index (χ0v) is 7.00. The van der Waals surface area contributed by atoms with Crippen LogP contribution in [0.5, 0.6) is 0 Å². The van der Waals surface area contributed by atoms with E-state index in [2.05, 4.69) is 0 Å². The molecule has 2 heteroatoms. The third-order valence-corrected chi connectivity index (χ3v) is 1.77. The predicted molar refractivity (Wildman–Crippen MR) is 43.3 cm³/mol. The monoisotopic (exact) mass is 154 g/mol. The molecule has 0 bridgehead atoms. The van der Waals surface area contributed by atoms with Crippen LogP contribution in [0.15, 0.2) is 16.7 Å². The Kier molecular flexibility index (Phi) is 2.71. The summed E-state index contributed by atoms with van der Waals surface area (Å²) in [7, 11) is 0. The maximum absolute atomic E-state index is 9.50. The van der Waals surface area contributed by atoms with Gasteiger partial charge in [0.2, 0.25) is 0 Å². The number of rotatable bonds is 3. The lowest BCUT2D eigenvalue weighted by molar-refractivity contribution is 0.138. The maximum atomic E-state index is 9.50. The summed E-state index contributed by atoms with van der Waals surface area (Å²) in [6.45, 7) is 3.99. The Morgan fingerprint density at radius 3 is 2.82 bits per heavy atom. The molecule has 0 amide bonds. The molecule has 0 saturated heterocycles. The van der Waals surface area contributed by atoms with Crippen molar-refractivity contribution in [1.82, 2.24) is 0 Å². The van der Waals surface area contributed by atoms with Crippen LogP contribution in [-0.2, 0) is 0 Å². The van der Waals surface area contributed by atoms with Gasteiger partial charge in [-0.3, -0.25) is 0 Å². The van der Waals surface area contributed by atoms with Crippen LogP contribution in [0.3, 0.4) is 0 Å². The highest BCUT2D eigenvalue weighted by Gasteiger charge is 2.11. The van der Waals surface area contributed by atoms with E-state index >= 15 is 0 Å². The third-order valence-electron chi connectivity index (χ3n) is 1.77. The lowest BCUT2D eigenvalue weighted by Gasteiger charge is -2.05. The van der Waals surface area contributed by atoms with Gasteiger partial charge in [0.1, 0.15) is 11.9 Å². The zero-order chi connectivity index (χ0) is 8.27. The molecule has 1 heterocycles. The van der Waals surface area contributed by atoms with Crippen LogP contribution < -0.4 is 0 Å². The lowest BCUT2D eigenvalue weighted by Crippen LogP contribution is -1.95. The molecule has 1 aromatic heterocycles. The predicted octanol–water partition coefficient (Wildman–Crippen LogP) is 2.42. The highest BCUT2D eigenvalue weighted by molar-refractivity contribution is 5.16. The van der Waals surface area contributed by atoms with Gasteiger partial charge in [0.05, 0.1) is 6.26 Å². The summed E-state index contributed by atoms with van der Waals surface area (Å²) in [6, 6.07) is 1.87. The highest BCUT2D eigenvalue weighted by Crippen LogP contribution is 2.21. The van der Waals surface area contributed by atoms with E-state index in [1.807, 2.05) is 19.9 Å². The number of hydrogen-bond acceptors (Lipinski definition) is 2. The molecule has 0 aromatic carbocycles. The Balaban J connectivity index is 2.67. The molecule has 1 atom stereocenters. The van der Waals surface area contributed by atoms with E-state index in [9.17, 15) is 5.11 Å². The number of aliphatic hydroxyl groups is 1. The Morgan fingerprint density at radius 2 is 2.36 bits per heavy atom. The summed E-state index contributed by atoms with van der Waals surface area (Å²) in [5.41, 5.74) is 1.03. The Hall–Kier alpha value is -0.760. The van der Waals surface area contributed by atoms with Gasteiger partial charge in [0.25, 0.3) is 0 Å². The van der Waals surface area contributed by atoms with Crippen molar-refractivity contribution < 1.29 is 9.52 Å². The van der Waals surface area contributed by atoms with Crippen molar-refractivity contribution in [3.05, 3.63) is 23.7 Å². The lowest BCUT2D eigenvalue weighted by atomic mass is 10.1. The Bertz CT molecular complexity index is 215. The van der Waals surface area contributed by atoms with Crippen molar-refractivity contribution in [1.29, 1.82) is 0 Å². The van der Waals surface area contributed by atoms with Crippen LogP contribution in [0.4, 0.5) is 0 Å². The third kappa shape index (κ3) is 1.84. The first-order valence-electron chi connectivity index (χ1n) is 3.97. The van der Waals surface area contributed by atoms with E-state index < -0.39 is 6.10 Å². The number of aliphatic hydroxyl groups excluding tert-OH is 1. The van der Waals surface area contributed by atoms with Crippen molar-refractivity contribution in [3.8, 4) is 0 Å². The van der Waals surface area contributed by atoms with E-state index in [4.69, 9.17) is 4.42 Å². The molecule has 1 unspecified atom stereocenters. The average Bonchev–Trinajstić information content (AvgIpc) is 2.36. The minimum absolute atomic E-state index is 0.421. The van der Waals surface area contributed by atoms with Gasteiger partial charge in [-0.2, -0.15) is 0 Å². The van der Waals surface area contributed by atoms with Gasteiger partial charge in [-0.1, -0.05) is 13.3 Å². The van der Waals surface area contributed by atoms with E-state index in [0.29, 0.717) is 5.76 Å². The topological polar surface area (TPSA) is 33.4 Å². The van der Waals surface area contributed by atoms with Gasteiger partial charge < -0.3 is 9.52 Å². The van der Waals surface area contributed by atoms with E-state index in [1.165, 1.54) is 0 Å². The van der Waals surface area contributed by atoms with Crippen molar-refractivity contribution in [2.45, 2.75) is 32.8 Å². The molecule has 0 aliphatic rings. The molecule has 0 fully saturated rings. The summed E-state index contributed by atoms with van der Waals surface area (Å²) < 4.78 is 5.13. The molecule has 1 aromatic rings. The van der Waals surface area contributed by atoms with Gasteiger partial charge >= 0.3 is 0 Å².